The number of aliphatic hydroxyl groups is 1. The van der Waals surface area contributed by atoms with Crippen molar-refractivity contribution in [1.82, 2.24) is 34.7 Å². The Hall–Kier alpha value is -3.57. The van der Waals surface area contributed by atoms with Gasteiger partial charge in [-0.1, -0.05) is 11.6 Å². The summed E-state index contributed by atoms with van der Waals surface area (Å²) in [5, 5.41) is 24.3. The molecule has 0 aliphatic carbocycles. The fourth-order valence-corrected chi connectivity index (χ4v) is 3.22. The summed E-state index contributed by atoms with van der Waals surface area (Å²) >= 11 is 5.99. The molecule has 0 aromatic carbocycles. The average molecular weight is 473 g/mol. The normalized spacial score (nSPS) is 12.7. The van der Waals surface area contributed by atoms with E-state index < -0.39 is 17.7 Å². The Morgan fingerprint density at radius 3 is 2.70 bits per heavy atom. The maximum atomic E-state index is 14.1. The molecule has 1 unspecified atom stereocenters. The lowest BCUT2D eigenvalue weighted by atomic mass is 10.0. The minimum Gasteiger partial charge on any atom is -0.387 e. The van der Waals surface area contributed by atoms with Crippen LogP contribution in [-0.2, 0) is 7.05 Å². The maximum absolute atomic E-state index is 14.1. The van der Waals surface area contributed by atoms with Crippen molar-refractivity contribution in [3.05, 3.63) is 53.7 Å². The highest BCUT2D eigenvalue weighted by molar-refractivity contribution is 6.30. The molecule has 4 aromatic rings. The number of nitrogens with one attached hydrogen (secondary N) is 2. The van der Waals surface area contributed by atoms with Gasteiger partial charge in [0.1, 0.15) is 11.9 Å². The molecular formula is C21H22ClFN8O2. The first-order chi connectivity index (χ1) is 15.6. The van der Waals surface area contributed by atoms with Crippen molar-refractivity contribution in [2.75, 3.05) is 11.9 Å². The minimum atomic E-state index is -1.64. The highest BCUT2D eigenvalue weighted by Crippen LogP contribution is 2.27. The number of halogens is 2. The third kappa shape index (κ3) is 4.94. The van der Waals surface area contributed by atoms with E-state index in [2.05, 4.69) is 30.8 Å². The number of nitrogens with zero attached hydrogens (tertiary/aromatic N) is 6. The lowest BCUT2D eigenvalue weighted by molar-refractivity contribution is -0.00177. The average Bonchev–Trinajstić information content (AvgIpc) is 3.36. The molecule has 0 saturated heterocycles. The Bertz CT molecular complexity index is 1310. The molecule has 0 aliphatic heterocycles. The molecule has 33 heavy (non-hydrogen) atoms. The van der Waals surface area contributed by atoms with Gasteiger partial charge in [0.15, 0.2) is 5.65 Å². The van der Waals surface area contributed by atoms with Crippen LogP contribution in [-0.4, -0.2) is 58.7 Å². The first-order valence-electron chi connectivity index (χ1n) is 10.0. The van der Waals surface area contributed by atoms with Crippen molar-refractivity contribution in [1.29, 1.82) is 0 Å². The Morgan fingerprint density at radius 2 is 2.00 bits per heavy atom. The van der Waals surface area contributed by atoms with Gasteiger partial charge in [-0.25, -0.2) is 13.9 Å². The molecule has 0 spiro atoms. The molecule has 1 atom stereocenters. The van der Waals surface area contributed by atoms with E-state index >= 15 is 0 Å². The zero-order valence-corrected chi connectivity index (χ0v) is 18.9. The van der Waals surface area contributed by atoms with Crippen LogP contribution < -0.4 is 10.6 Å². The van der Waals surface area contributed by atoms with Crippen LogP contribution in [0.25, 0.3) is 17.0 Å². The van der Waals surface area contributed by atoms with E-state index in [1.54, 1.807) is 47.0 Å². The predicted molar refractivity (Wildman–Crippen MR) is 121 cm³/mol. The summed E-state index contributed by atoms with van der Waals surface area (Å²) in [6.07, 6.45) is 6.18. The van der Waals surface area contributed by atoms with Gasteiger partial charge in [0.05, 0.1) is 58.4 Å². The van der Waals surface area contributed by atoms with Crippen LogP contribution in [0.2, 0.25) is 5.02 Å². The van der Waals surface area contributed by atoms with Gasteiger partial charge in [-0.15, -0.1) is 0 Å². The molecule has 172 valence electrons. The number of aryl methyl sites for hydroxylation is 1. The van der Waals surface area contributed by atoms with Gasteiger partial charge in [-0.2, -0.15) is 10.2 Å². The summed E-state index contributed by atoms with van der Waals surface area (Å²) in [7, 11) is 1.77. The zero-order chi connectivity index (χ0) is 23.8. The second kappa shape index (κ2) is 8.75. The second-order valence-electron chi connectivity index (χ2n) is 8.06. The molecule has 1 amide bonds. The van der Waals surface area contributed by atoms with Crippen molar-refractivity contribution in [3.63, 3.8) is 0 Å². The van der Waals surface area contributed by atoms with Crippen LogP contribution in [0.1, 0.15) is 24.2 Å². The quantitative estimate of drug-likeness (QED) is 0.378. The number of pyridine rings is 1. The minimum absolute atomic E-state index is 0.190. The van der Waals surface area contributed by atoms with Crippen LogP contribution in [0.4, 0.5) is 15.8 Å². The van der Waals surface area contributed by atoms with Gasteiger partial charge in [0.2, 0.25) is 0 Å². The lowest BCUT2D eigenvalue weighted by Crippen LogP contribution is -2.42. The molecule has 10 nitrogen and oxygen atoms in total. The van der Waals surface area contributed by atoms with Crippen LogP contribution in [0.5, 0.6) is 0 Å². The van der Waals surface area contributed by atoms with E-state index in [9.17, 15) is 14.3 Å². The Labute approximate surface area is 193 Å². The van der Waals surface area contributed by atoms with Crippen molar-refractivity contribution >= 4 is 34.5 Å². The number of fused-ring (bicyclic) bond motifs is 1. The monoisotopic (exact) mass is 472 g/mol. The molecule has 4 heterocycles. The molecule has 0 radical (unpaired) electrons. The number of aromatic nitrogens is 6. The standard InChI is InChI=1S/C21H22ClFN8O2/c1-21(2,33)18(23)10-26-20(32)14-8-24-16(5-15(14)29-13-7-27-30(3)11-13)17-9-25-19-4-12(22)6-28-31(17)19/h4-9,11,18,33H,10H2,1-3H3,(H,24,29)(H,26,32). The molecule has 0 fully saturated rings. The number of amides is 1. The SMILES string of the molecule is Cn1cc(Nc2cc(-c3cnc4cc(Cl)cnn34)ncc2C(=O)NCC(F)C(C)(C)O)cn1. The fraction of sp³-hybridized carbons (Fsp3) is 0.286. The van der Waals surface area contributed by atoms with E-state index in [1.165, 1.54) is 26.2 Å². The van der Waals surface area contributed by atoms with Crippen molar-refractivity contribution in [3.8, 4) is 11.4 Å². The maximum Gasteiger partial charge on any atom is 0.255 e. The van der Waals surface area contributed by atoms with E-state index in [1.807, 2.05) is 0 Å². The third-order valence-corrected chi connectivity index (χ3v) is 5.14. The molecule has 12 heteroatoms. The number of imidazole rings is 1. The van der Waals surface area contributed by atoms with Crippen LogP contribution in [0.3, 0.4) is 0 Å². The van der Waals surface area contributed by atoms with Crippen molar-refractivity contribution in [2.24, 2.45) is 7.05 Å². The number of carbonyl (C=O) groups excluding carboxylic acids is 1. The van der Waals surface area contributed by atoms with E-state index in [0.29, 0.717) is 33.4 Å². The number of anilines is 2. The topological polar surface area (TPSA) is 122 Å². The number of hydrogen-bond donors (Lipinski definition) is 3. The lowest BCUT2D eigenvalue weighted by Gasteiger charge is -2.22. The summed E-state index contributed by atoms with van der Waals surface area (Å²) in [6, 6.07) is 3.34. The van der Waals surface area contributed by atoms with E-state index in [4.69, 9.17) is 11.6 Å². The van der Waals surface area contributed by atoms with Crippen molar-refractivity contribution in [2.45, 2.75) is 25.6 Å². The summed E-state index contributed by atoms with van der Waals surface area (Å²) in [5.41, 5.74) is 1.32. The van der Waals surface area contributed by atoms with Gasteiger partial charge in [0.25, 0.3) is 5.91 Å². The van der Waals surface area contributed by atoms with Crippen LogP contribution >= 0.6 is 11.6 Å². The summed E-state index contributed by atoms with van der Waals surface area (Å²) in [4.78, 5) is 21.5. The third-order valence-electron chi connectivity index (χ3n) is 4.93. The van der Waals surface area contributed by atoms with E-state index in [0.717, 1.165) is 0 Å². The number of alkyl halides is 1. The summed E-state index contributed by atoms with van der Waals surface area (Å²) < 4.78 is 17.3. The van der Waals surface area contributed by atoms with E-state index in [-0.39, 0.29) is 12.1 Å². The van der Waals surface area contributed by atoms with Gasteiger partial charge in [-0.05, 0) is 19.9 Å². The molecule has 4 rings (SSSR count). The van der Waals surface area contributed by atoms with Gasteiger partial charge in [-0.3, -0.25) is 14.5 Å². The Morgan fingerprint density at radius 1 is 1.21 bits per heavy atom. The number of rotatable bonds is 7. The summed E-state index contributed by atoms with van der Waals surface area (Å²) in [5.74, 6) is -0.546. The van der Waals surface area contributed by atoms with Crippen LogP contribution in [0, 0.1) is 0 Å². The predicted octanol–water partition coefficient (Wildman–Crippen LogP) is 2.76. The van der Waals surface area contributed by atoms with Crippen LogP contribution in [0.15, 0.2) is 43.1 Å². The molecule has 0 saturated carbocycles. The number of hydrogen-bond acceptors (Lipinski definition) is 7. The molecule has 0 aliphatic rings. The smallest absolute Gasteiger partial charge is 0.255 e. The molecule has 3 N–H and O–H groups in total. The number of carbonyl (C=O) groups is 1. The largest absolute Gasteiger partial charge is 0.387 e. The first kappa shape index (κ1) is 22.6. The van der Waals surface area contributed by atoms with Crippen molar-refractivity contribution < 1.29 is 14.3 Å². The Kier molecular flexibility index (Phi) is 6.00. The molecule has 0 bridgehead atoms. The molecule has 4 aromatic heterocycles. The molecular weight excluding hydrogens is 451 g/mol. The first-order valence-corrected chi connectivity index (χ1v) is 10.4. The highest BCUT2D eigenvalue weighted by atomic mass is 35.5. The Balaban J connectivity index is 1.69. The summed E-state index contributed by atoms with van der Waals surface area (Å²) in [6.45, 7) is 2.33. The van der Waals surface area contributed by atoms with Gasteiger partial charge < -0.3 is 15.7 Å². The second-order valence-corrected chi connectivity index (χ2v) is 8.50. The zero-order valence-electron chi connectivity index (χ0n) is 18.1. The highest BCUT2D eigenvalue weighted by Gasteiger charge is 2.27. The fourth-order valence-electron chi connectivity index (χ4n) is 3.08. The van der Waals surface area contributed by atoms with Gasteiger partial charge in [0, 0.05) is 25.5 Å². The van der Waals surface area contributed by atoms with Gasteiger partial charge >= 0.3 is 0 Å².